The van der Waals surface area contributed by atoms with Crippen LogP contribution in [-0.2, 0) is 24.4 Å². The number of benzene rings is 3. The van der Waals surface area contributed by atoms with Crippen LogP contribution in [0.5, 0.6) is 0 Å². The van der Waals surface area contributed by atoms with E-state index in [1.165, 1.54) is 49.6 Å². The zero-order valence-corrected chi connectivity index (χ0v) is 29.0. The van der Waals surface area contributed by atoms with E-state index in [1.807, 2.05) is 37.4 Å². The smallest absolute Gasteiger partial charge is 0.255 e. The summed E-state index contributed by atoms with van der Waals surface area (Å²) in [5, 5.41) is 13.1. The third kappa shape index (κ3) is 7.90. The summed E-state index contributed by atoms with van der Waals surface area (Å²) in [5.41, 5.74) is 0.772. The topological polar surface area (TPSA) is 91.6 Å². The van der Waals surface area contributed by atoms with E-state index in [1.54, 1.807) is 42.7 Å². The van der Waals surface area contributed by atoms with Crippen molar-refractivity contribution < 1.29 is 23.5 Å². The van der Waals surface area contributed by atoms with Gasteiger partial charge in [0.15, 0.2) is 5.78 Å². The number of ketones is 1. The summed E-state index contributed by atoms with van der Waals surface area (Å²) in [6.45, 7) is 6.90. The van der Waals surface area contributed by atoms with Crippen LogP contribution in [0.3, 0.4) is 0 Å². The molecule has 0 saturated carbocycles. The highest BCUT2D eigenvalue weighted by atomic mass is 35.5. The molecule has 3 aromatic carbocycles. The molecule has 0 aliphatic carbocycles. The molecule has 0 radical (unpaired) electrons. The van der Waals surface area contributed by atoms with Gasteiger partial charge in [0.2, 0.25) is 5.43 Å². The number of nitrogens with one attached hydrogen (secondary N) is 1. The Hall–Kier alpha value is -4.22. The maximum Gasteiger partial charge on any atom is 0.255 e. The standard InChI is InChI=1S/C37H37F2N3O4S.ClH/c1-22(2)32(43)28-21-42(20-26-29(38)12-9-13-30(26)39)35-31(33(28)44)27(19-41(5)18-23-10-7-6-8-11-23)34(47-35)24-14-16-25(17-15-24)40-36(45)37(3,4)46;/h6-17,21-22,46H,18-20H2,1-5H3,(H,40,45);1H. The quantitative estimate of drug-likeness (QED) is 0.139. The van der Waals surface area contributed by atoms with Gasteiger partial charge in [-0.2, -0.15) is 0 Å². The second-order valence-corrected chi connectivity index (χ2v) is 13.6. The molecule has 11 heteroatoms. The van der Waals surface area contributed by atoms with Crippen LogP contribution in [-0.4, -0.2) is 38.9 Å². The number of thiophene rings is 1. The molecule has 0 aliphatic rings. The molecule has 5 aromatic rings. The highest BCUT2D eigenvalue weighted by molar-refractivity contribution is 7.22. The van der Waals surface area contributed by atoms with Crippen molar-refractivity contribution in [1.29, 1.82) is 0 Å². The Morgan fingerprint density at radius 3 is 2.15 bits per heavy atom. The van der Waals surface area contributed by atoms with Gasteiger partial charge in [0, 0.05) is 41.3 Å². The third-order valence-electron chi connectivity index (χ3n) is 7.87. The first-order valence-electron chi connectivity index (χ1n) is 15.3. The molecular formula is C37H38ClF2N3O4S. The number of aromatic nitrogens is 1. The van der Waals surface area contributed by atoms with Crippen LogP contribution in [0.25, 0.3) is 20.7 Å². The number of rotatable bonds is 11. The van der Waals surface area contributed by atoms with E-state index in [0.29, 0.717) is 34.6 Å². The molecule has 2 heterocycles. The van der Waals surface area contributed by atoms with E-state index in [4.69, 9.17) is 0 Å². The van der Waals surface area contributed by atoms with Gasteiger partial charge < -0.3 is 15.0 Å². The molecule has 0 aliphatic heterocycles. The Kier molecular flexibility index (Phi) is 11.4. The summed E-state index contributed by atoms with van der Waals surface area (Å²) in [6.07, 6.45) is 1.42. The second kappa shape index (κ2) is 14.9. The van der Waals surface area contributed by atoms with Crippen molar-refractivity contribution in [2.75, 3.05) is 12.4 Å². The second-order valence-electron chi connectivity index (χ2n) is 12.6. The molecule has 0 atom stereocenters. The molecule has 7 nitrogen and oxygen atoms in total. The first-order chi connectivity index (χ1) is 22.2. The van der Waals surface area contributed by atoms with Gasteiger partial charge in [-0.3, -0.25) is 19.3 Å². The number of hydrogen-bond donors (Lipinski definition) is 2. The van der Waals surface area contributed by atoms with Gasteiger partial charge in [-0.15, -0.1) is 23.7 Å². The lowest BCUT2D eigenvalue weighted by Crippen LogP contribution is -2.36. The third-order valence-corrected chi connectivity index (χ3v) is 9.19. The van der Waals surface area contributed by atoms with Crippen molar-refractivity contribution in [1.82, 2.24) is 9.47 Å². The van der Waals surface area contributed by atoms with Gasteiger partial charge in [-0.1, -0.05) is 62.4 Å². The predicted molar refractivity (Wildman–Crippen MR) is 190 cm³/mol. The molecular weight excluding hydrogens is 656 g/mol. The fourth-order valence-corrected chi connectivity index (χ4v) is 6.64. The summed E-state index contributed by atoms with van der Waals surface area (Å²) in [5.74, 6) is -2.85. The van der Waals surface area contributed by atoms with Crippen molar-refractivity contribution in [2.24, 2.45) is 5.92 Å². The molecule has 5 rings (SSSR count). The molecule has 48 heavy (non-hydrogen) atoms. The number of nitrogens with zero attached hydrogens (tertiary/aromatic N) is 2. The number of carbonyl (C=O) groups is 2. The van der Waals surface area contributed by atoms with Crippen molar-refractivity contribution in [3.05, 3.63) is 123 Å². The molecule has 0 spiro atoms. The van der Waals surface area contributed by atoms with E-state index >= 15 is 0 Å². The highest BCUT2D eigenvalue weighted by Gasteiger charge is 2.27. The molecule has 1 amide bonds. The van der Waals surface area contributed by atoms with Crippen LogP contribution in [0.2, 0.25) is 0 Å². The van der Waals surface area contributed by atoms with Gasteiger partial charge in [0.25, 0.3) is 5.91 Å². The van der Waals surface area contributed by atoms with Crippen molar-refractivity contribution >= 4 is 51.3 Å². The van der Waals surface area contributed by atoms with Gasteiger partial charge in [-0.25, -0.2) is 8.78 Å². The van der Waals surface area contributed by atoms with Gasteiger partial charge in [0.1, 0.15) is 22.1 Å². The largest absolute Gasteiger partial charge is 0.381 e. The van der Waals surface area contributed by atoms with Gasteiger partial charge in [-0.05, 0) is 61.9 Å². The minimum absolute atomic E-state index is 0. The Morgan fingerprint density at radius 1 is 0.938 bits per heavy atom. The van der Waals surface area contributed by atoms with Crippen LogP contribution in [0.15, 0.2) is 83.8 Å². The minimum atomic E-state index is -1.57. The van der Waals surface area contributed by atoms with E-state index < -0.39 is 34.5 Å². The van der Waals surface area contributed by atoms with Crippen molar-refractivity contribution in [3.63, 3.8) is 0 Å². The van der Waals surface area contributed by atoms with Crippen LogP contribution >= 0.6 is 23.7 Å². The average molecular weight is 694 g/mol. The Labute approximate surface area is 288 Å². The lowest BCUT2D eigenvalue weighted by atomic mass is 9.99. The Morgan fingerprint density at radius 2 is 1.56 bits per heavy atom. The number of pyridine rings is 1. The first kappa shape index (κ1) is 36.6. The van der Waals surface area contributed by atoms with Gasteiger partial charge in [0.05, 0.1) is 17.5 Å². The number of carbonyl (C=O) groups excluding carboxylic acids is 2. The lowest BCUT2D eigenvalue weighted by molar-refractivity contribution is -0.130. The summed E-state index contributed by atoms with van der Waals surface area (Å²) in [6, 6.07) is 20.5. The Bertz CT molecular complexity index is 1980. The Balaban J connectivity index is 0.00000520. The molecule has 0 bridgehead atoms. The number of hydrogen-bond acceptors (Lipinski definition) is 6. The number of halogens is 3. The molecule has 0 unspecified atom stereocenters. The summed E-state index contributed by atoms with van der Waals surface area (Å²) < 4.78 is 31.4. The first-order valence-corrected chi connectivity index (χ1v) is 16.1. The molecule has 2 N–H and O–H groups in total. The average Bonchev–Trinajstić information content (AvgIpc) is 3.39. The zero-order valence-electron chi connectivity index (χ0n) is 27.3. The predicted octanol–water partition coefficient (Wildman–Crippen LogP) is 7.66. The van der Waals surface area contributed by atoms with Crippen LogP contribution in [0.4, 0.5) is 14.5 Å². The summed E-state index contributed by atoms with van der Waals surface area (Å²) >= 11 is 1.30. The van der Waals surface area contributed by atoms with Crippen LogP contribution < -0.4 is 10.7 Å². The van der Waals surface area contributed by atoms with E-state index in [9.17, 15) is 28.3 Å². The number of fused-ring (bicyclic) bond motifs is 1. The molecule has 0 saturated heterocycles. The van der Waals surface area contributed by atoms with E-state index in [0.717, 1.165) is 16.0 Å². The minimum Gasteiger partial charge on any atom is -0.381 e. The summed E-state index contributed by atoms with van der Waals surface area (Å²) in [4.78, 5) is 43.2. The van der Waals surface area contributed by atoms with Crippen LogP contribution in [0, 0.1) is 17.6 Å². The van der Waals surface area contributed by atoms with Gasteiger partial charge >= 0.3 is 0 Å². The van der Waals surface area contributed by atoms with Crippen molar-refractivity contribution in [3.8, 4) is 10.4 Å². The maximum atomic E-state index is 14.9. The number of aliphatic hydroxyl groups is 1. The van der Waals surface area contributed by atoms with E-state index in [-0.39, 0.29) is 35.9 Å². The molecule has 2 aromatic heterocycles. The lowest BCUT2D eigenvalue weighted by Gasteiger charge is -2.18. The number of amides is 1. The monoisotopic (exact) mass is 693 g/mol. The number of Topliss-reactive ketones (excluding diaryl/α,β-unsaturated/α-hetero) is 1. The molecule has 0 fully saturated rings. The van der Waals surface area contributed by atoms with Crippen LogP contribution in [0.1, 0.15) is 54.7 Å². The zero-order chi connectivity index (χ0) is 34.0. The van der Waals surface area contributed by atoms with Crippen molar-refractivity contribution in [2.45, 2.75) is 52.9 Å². The van der Waals surface area contributed by atoms with E-state index in [2.05, 4.69) is 10.2 Å². The number of anilines is 1. The SMILES string of the molecule is CC(C)C(=O)c1cn(Cc2c(F)cccc2F)c2sc(-c3ccc(NC(=O)C(C)(C)O)cc3)c(CN(C)Cc3ccccc3)c2c1=O.Cl. The fourth-order valence-electron chi connectivity index (χ4n) is 5.35. The molecule has 252 valence electrons. The highest BCUT2D eigenvalue weighted by Crippen LogP contribution is 2.39. The fraction of sp³-hybridized carbons (Fsp3) is 0.270. The summed E-state index contributed by atoms with van der Waals surface area (Å²) in [7, 11) is 1.94. The normalized spacial score (nSPS) is 11.6. The maximum absolute atomic E-state index is 14.9.